The van der Waals surface area contributed by atoms with Crippen LogP contribution in [0.2, 0.25) is 0 Å². The van der Waals surface area contributed by atoms with Crippen molar-refractivity contribution < 1.29 is 9.47 Å². The molecule has 0 unspecified atom stereocenters. The standard InChI is InChI=1S/C18H21ClO2S/c1-12-8-17(16-10-14(19)6-7-18(16)22-12)21-11-13-4-3-5-15(9-13)20-2/h3-7,9-10,12,16-18H,8,11H2,1-2H3/t12-,16-,17+,18+/m0/s1. The molecule has 0 radical (unpaired) electrons. The molecule has 1 heterocycles. The summed E-state index contributed by atoms with van der Waals surface area (Å²) in [6, 6.07) is 8.06. The monoisotopic (exact) mass is 336 g/mol. The van der Waals surface area contributed by atoms with Gasteiger partial charge in [0.05, 0.1) is 19.8 Å². The summed E-state index contributed by atoms with van der Waals surface area (Å²) in [5, 5.41) is 1.90. The normalized spacial score (nSPS) is 30.6. The maximum Gasteiger partial charge on any atom is 0.119 e. The third-order valence-electron chi connectivity index (χ3n) is 4.16. The van der Waals surface area contributed by atoms with Gasteiger partial charge in [0.2, 0.25) is 0 Å². The zero-order valence-electron chi connectivity index (χ0n) is 12.9. The van der Waals surface area contributed by atoms with Crippen molar-refractivity contribution in [3.63, 3.8) is 0 Å². The summed E-state index contributed by atoms with van der Waals surface area (Å²) in [7, 11) is 1.69. The number of allylic oxidation sites excluding steroid dienone is 2. The molecule has 0 N–H and O–H groups in total. The van der Waals surface area contributed by atoms with E-state index in [0.717, 1.165) is 22.8 Å². The molecule has 1 fully saturated rings. The van der Waals surface area contributed by atoms with Crippen LogP contribution in [0.15, 0.2) is 47.5 Å². The highest BCUT2D eigenvalue weighted by Gasteiger charge is 2.36. The van der Waals surface area contributed by atoms with Crippen LogP contribution in [0.3, 0.4) is 0 Å². The van der Waals surface area contributed by atoms with Crippen LogP contribution in [-0.4, -0.2) is 23.7 Å². The maximum absolute atomic E-state index is 6.25. The van der Waals surface area contributed by atoms with Gasteiger partial charge in [0.25, 0.3) is 0 Å². The fourth-order valence-electron chi connectivity index (χ4n) is 3.06. The van der Waals surface area contributed by atoms with Crippen molar-refractivity contribution >= 4 is 23.4 Å². The summed E-state index contributed by atoms with van der Waals surface area (Å²) < 4.78 is 11.5. The van der Waals surface area contributed by atoms with Crippen molar-refractivity contribution in [2.75, 3.05) is 7.11 Å². The second-order valence-corrected chi connectivity index (χ2v) is 7.89. The Morgan fingerprint density at radius 2 is 2.23 bits per heavy atom. The number of halogens is 1. The first-order valence-corrected chi connectivity index (χ1v) is 8.93. The summed E-state index contributed by atoms with van der Waals surface area (Å²) in [5.41, 5.74) is 1.14. The first-order chi connectivity index (χ1) is 10.7. The average molecular weight is 337 g/mol. The topological polar surface area (TPSA) is 18.5 Å². The number of ether oxygens (including phenoxy) is 2. The average Bonchev–Trinajstić information content (AvgIpc) is 2.53. The van der Waals surface area contributed by atoms with Gasteiger partial charge in [-0.05, 0) is 30.2 Å². The highest BCUT2D eigenvalue weighted by Crippen LogP contribution is 2.42. The molecule has 0 amide bonds. The smallest absolute Gasteiger partial charge is 0.119 e. The van der Waals surface area contributed by atoms with Gasteiger partial charge in [0.15, 0.2) is 0 Å². The van der Waals surface area contributed by atoms with Crippen molar-refractivity contribution in [1.29, 1.82) is 0 Å². The summed E-state index contributed by atoms with van der Waals surface area (Å²) in [6.45, 7) is 2.88. The first kappa shape index (κ1) is 16.0. The van der Waals surface area contributed by atoms with Crippen LogP contribution in [0.4, 0.5) is 0 Å². The van der Waals surface area contributed by atoms with Gasteiger partial charge in [0.1, 0.15) is 5.75 Å². The number of rotatable bonds is 4. The molecule has 0 saturated carbocycles. The lowest BCUT2D eigenvalue weighted by Crippen LogP contribution is -2.38. The molecule has 2 aliphatic rings. The predicted molar refractivity (Wildman–Crippen MR) is 93.6 cm³/mol. The minimum atomic E-state index is 0.214. The molecule has 1 saturated heterocycles. The van der Waals surface area contributed by atoms with E-state index in [-0.39, 0.29) is 6.10 Å². The molecular formula is C18H21ClO2S. The quantitative estimate of drug-likeness (QED) is 0.788. The SMILES string of the molecule is COc1cccc(CO[C@@H]2C[C@H](C)S[C@@H]3C=CC(Cl)=C[C@@H]23)c1. The van der Waals surface area contributed by atoms with Gasteiger partial charge in [-0.3, -0.25) is 0 Å². The number of fused-ring (bicyclic) bond motifs is 1. The van der Waals surface area contributed by atoms with Crippen LogP contribution in [0.1, 0.15) is 18.9 Å². The molecular weight excluding hydrogens is 316 g/mol. The zero-order valence-corrected chi connectivity index (χ0v) is 14.4. The molecule has 1 aliphatic heterocycles. The number of hydrogen-bond acceptors (Lipinski definition) is 3. The number of benzene rings is 1. The molecule has 0 bridgehead atoms. The van der Waals surface area contributed by atoms with Crippen molar-refractivity contribution in [2.24, 2.45) is 5.92 Å². The van der Waals surface area contributed by atoms with E-state index in [0.29, 0.717) is 23.0 Å². The molecule has 22 heavy (non-hydrogen) atoms. The Morgan fingerprint density at radius 1 is 1.36 bits per heavy atom. The molecule has 118 valence electrons. The highest BCUT2D eigenvalue weighted by atomic mass is 35.5. The Hall–Kier alpha value is -0.900. The largest absolute Gasteiger partial charge is 0.497 e. The second-order valence-electron chi connectivity index (χ2n) is 5.84. The highest BCUT2D eigenvalue weighted by molar-refractivity contribution is 8.00. The number of hydrogen-bond donors (Lipinski definition) is 0. The van der Waals surface area contributed by atoms with Crippen LogP contribution in [0.5, 0.6) is 5.75 Å². The van der Waals surface area contributed by atoms with E-state index in [1.54, 1.807) is 7.11 Å². The number of thioether (sulfide) groups is 1. The van der Waals surface area contributed by atoms with Crippen LogP contribution in [0.25, 0.3) is 0 Å². The van der Waals surface area contributed by atoms with E-state index in [9.17, 15) is 0 Å². The lowest BCUT2D eigenvalue weighted by molar-refractivity contribution is 0.00709. The fourth-order valence-corrected chi connectivity index (χ4v) is 4.72. The van der Waals surface area contributed by atoms with Gasteiger partial charge in [0, 0.05) is 21.5 Å². The van der Waals surface area contributed by atoms with Crippen LogP contribution in [-0.2, 0) is 11.3 Å². The Labute approximate surface area is 141 Å². The molecule has 1 aromatic carbocycles. The van der Waals surface area contributed by atoms with E-state index in [1.807, 2.05) is 36.0 Å². The third kappa shape index (κ3) is 3.70. The van der Waals surface area contributed by atoms with Crippen LogP contribution >= 0.6 is 23.4 Å². The van der Waals surface area contributed by atoms with E-state index in [4.69, 9.17) is 21.1 Å². The second kappa shape index (κ2) is 7.12. The molecule has 4 heteroatoms. The third-order valence-corrected chi connectivity index (χ3v) is 5.85. The van der Waals surface area contributed by atoms with Gasteiger partial charge < -0.3 is 9.47 Å². The summed E-state index contributed by atoms with van der Waals surface area (Å²) in [4.78, 5) is 0. The van der Waals surface area contributed by atoms with Gasteiger partial charge in [-0.1, -0.05) is 42.8 Å². The zero-order chi connectivity index (χ0) is 15.5. The van der Waals surface area contributed by atoms with Crippen LogP contribution in [0, 0.1) is 5.92 Å². The van der Waals surface area contributed by atoms with Crippen LogP contribution < -0.4 is 4.74 Å². The molecule has 1 aromatic rings. The molecule has 1 aliphatic carbocycles. The minimum Gasteiger partial charge on any atom is -0.497 e. The Kier molecular flexibility index (Phi) is 5.17. The van der Waals surface area contributed by atoms with Crippen molar-refractivity contribution in [3.8, 4) is 5.75 Å². The predicted octanol–water partition coefficient (Wildman–Crippen LogP) is 4.78. The van der Waals surface area contributed by atoms with Gasteiger partial charge in [-0.25, -0.2) is 0 Å². The van der Waals surface area contributed by atoms with Crippen molar-refractivity contribution in [3.05, 3.63) is 53.1 Å². The van der Waals surface area contributed by atoms with E-state index in [1.165, 1.54) is 0 Å². The number of methoxy groups -OCH3 is 1. The van der Waals surface area contributed by atoms with E-state index < -0.39 is 0 Å². The Balaban J connectivity index is 1.68. The van der Waals surface area contributed by atoms with E-state index in [2.05, 4.69) is 25.1 Å². The fraction of sp³-hybridized carbons (Fsp3) is 0.444. The first-order valence-electron chi connectivity index (χ1n) is 7.61. The van der Waals surface area contributed by atoms with Gasteiger partial charge in [-0.2, -0.15) is 11.8 Å². The van der Waals surface area contributed by atoms with E-state index >= 15 is 0 Å². The van der Waals surface area contributed by atoms with Gasteiger partial charge >= 0.3 is 0 Å². The summed E-state index contributed by atoms with van der Waals surface area (Å²) >= 11 is 8.20. The lowest BCUT2D eigenvalue weighted by atomic mass is 9.90. The summed E-state index contributed by atoms with van der Waals surface area (Å²) in [6.07, 6.45) is 7.65. The molecule has 2 nitrogen and oxygen atoms in total. The minimum absolute atomic E-state index is 0.214. The maximum atomic E-state index is 6.25. The molecule has 0 aromatic heterocycles. The van der Waals surface area contributed by atoms with Crippen molar-refractivity contribution in [1.82, 2.24) is 0 Å². The summed E-state index contributed by atoms with van der Waals surface area (Å²) in [5.74, 6) is 1.24. The van der Waals surface area contributed by atoms with Gasteiger partial charge in [-0.15, -0.1) is 0 Å². The molecule has 4 atom stereocenters. The van der Waals surface area contributed by atoms with Crippen molar-refractivity contribution in [2.45, 2.75) is 36.6 Å². The molecule has 0 spiro atoms. The molecule has 3 rings (SSSR count). The Morgan fingerprint density at radius 3 is 3.05 bits per heavy atom. The Bertz CT molecular complexity index is 584. The lowest BCUT2D eigenvalue weighted by Gasteiger charge is -2.39.